The predicted octanol–water partition coefficient (Wildman–Crippen LogP) is 4.79. The van der Waals surface area contributed by atoms with Crippen LogP contribution in [0.2, 0.25) is 5.02 Å². The number of allylic oxidation sites excluding steroid dienone is 1. The van der Waals surface area contributed by atoms with Gasteiger partial charge in [0.05, 0.1) is 31.5 Å². The molecule has 0 spiro atoms. The van der Waals surface area contributed by atoms with Crippen molar-refractivity contribution >= 4 is 35.7 Å². The number of nitrogens with one attached hydrogen (secondary N) is 3. The molecule has 0 bridgehead atoms. The van der Waals surface area contributed by atoms with Crippen molar-refractivity contribution in [3.8, 4) is 17.2 Å². The van der Waals surface area contributed by atoms with Gasteiger partial charge in [0.25, 0.3) is 5.91 Å². The van der Waals surface area contributed by atoms with Crippen LogP contribution < -0.4 is 30.3 Å². The summed E-state index contributed by atoms with van der Waals surface area (Å²) < 4.78 is 35.2. The number of benzene rings is 3. The Morgan fingerprint density at radius 3 is 2.52 bits per heavy atom. The van der Waals surface area contributed by atoms with E-state index in [4.69, 9.17) is 30.5 Å². The number of hydrogen-bond acceptors (Lipinski definition) is 8. The van der Waals surface area contributed by atoms with E-state index in [0.29, 0.717) is 27.6 Å². The summed E-state index contributed by atoms with van der Waals surface area (Å²) in [7, 11) is 1.42. The Balaban J connectivity index is 1.39. The van der Waals surface area contributed by atoms with Gasteiger partial charge in [-0.05, 0) is 67.4 Å². The van der Waals surface area contributed by atoms with Crippen molar-refractivity contribution in [2.24, 2.45) is 5.10 Å². The molecule has 0 saturated heterocycles. The largest absolute Gasteiger partial charge is 0.493 e. The topological polar surface area (TPSA) is 137 Å². The van der Waals surface area contributed by atoms with Gasteiger partial charge in [-0.1, -0.05) is 29.8 Å². The molecule has 0 aliphatic carbocycles. The molecule has 1 aliphatic rings. The third-order valence-electron chi connectivity index (χ3n) is 6.32. The Morgan fingerprint density at radius 1 is 1.05 bits per heavy atom. The lowest BCUT2D eigenvalue weighted by molar-refractivity contribution is -0.139. The zero-order valence-electron chi connectivity index (χ0n) is 24.1. The normalized spacial score (nSPS) is 14.5. The number of hydrogen-bond donors (Lipinski definition) is 3. The first-order valence-corrected chi connectivity index (χ1v) is 13.8. The minimum atomic E-state index is -0.792. The van der Waals surface area contributed by atoms with E-state index in [9.17, 15) is 18.8 Å². The molecule has 13 heteroatoms. The van der Waals surface area contributed by atoms with E-state index in [1.807, 2.05) is 0 Å². The van der Waals surface area contributed by atoms with E-state index in [0.717, 1.165) is 5.56 Å². The Bertz CT molecular complexity index is 1590. The van der Waals surface area contributed by atoms with Gasteiger partial charge >= 0.3 is 12.0 Å². The molecule has 0 saturated carbocycles. The van der Waals surface area contributed by atoms with E-state index in [1.54, 1.807) is 62.4 Å². The van der Waals surface area contributed by atoms with Crippen molar-refractivity contribution < 1.29 is 37.7 Å². The van der Waals surface area contributed by atoms with Crippen LogP contribution in [0.25, 0.3) is 0 Å². The van der Waals surface area contributed by atoms with Crippen LogP contribution >= 0.6 is 11.6 Å². The number of methoxy groups -OCH3 is 1. The minimum Gasteiger partial charge on any atom is -0.493 e. The van der Waals surface area contributed by atoms with Gasteiger partial charge in [-0.2, -0.15) is 5.10 Å². The van der Waals surface area contributed by atoms with Crippen molar-refractivity contribution in [2.75, 3.05) is 20.3 Å². The average molecular weight is 625 g/mol. The molecule has 3 N–H and O–H groups in total. The minimum absolute atomic E-state index is 0.171. The molecule has 1 atom stereocenters. The molecule has 0 aromatic heterocycles. The molecule has 1 heterocycles. The summed E-state index contributed by atoms with van der Waals surface area (Å²) in [5.74, 6) is -0.485. The SMILES string of the molecule is CCOC(=O)C1=C(C)NC(=O)N[C@H]1c1ccc(OCC(=O)N/N=C/c2cc(Cl)ccc2OCc2ccc(F)cc2)c(OC)c1. The highest BCUT2D eigenvalue weighted by molar-refractivity contribution is 6.30. The lowest BCUT2D eigenvalue weighted by Gasteiger charge is -2.28. The van der Waals surface area contributed by atoms with Gasteiger partial charge in [0.1, 0.15) is 18.2 Å². The van der Waals surface area contributed by atoms with E-state index in [2.05, 4.69) is 21.2 Å². The van der Waals surface area contributed by atoms with E-state index < -0.39 is 30.6 Å². The maximum absolute atomic E-state index is 13.2. The van der Waals surface area contributed by atoms with Crippen LogP contribution in [0.4, 0.5) is 9.18 Å². The van der Waals surface area contributed by atoms with Gasteiger partial charge in [0.2, 0.25) is 0 Å². The highest BCUT2D eigenvalue weighted by atomic mass is 35.5. The Labute approximate surface area is 258 Å². The van der Waals surface area contributed by atoms with Crippen LogP contribution in [-0.2, 0) is 20.9 Å². The summed E-state index contributed by atoms with van der Waals surface area (Å²) in [6.07, 6.45) is 1.38. The summed E-state index contributed by atoms with van der Waals surface area (Å²) in [5.41, 5.74) is 4.83. The van der Waals surface area contributed by atoms with Gasteiger partial charge in [-0.3, -0.25) is 4.79 Å². The molecule has 44 heavy (non-hydrogen) atoms. The first-order chi connectivity index (χ1) is 21.2. The van der Waals surface area contributed by atoms with Crippen molar-refractivity contribution in [1.82, 2.24) is 16.1 Å². The standard InChI is InChI=1S/C31H30ClFN4O7/c1-4-42-30(39)28-18(2)35-31(40)36-29(28)20-7-11-25(26(14-20)41-3)44-17-27(38)37-34-15-21-13-22(32)8-12-24(21)43-16-19-5-9-23(33)10-6-19/h5-15,29H,4,16-17H2,1-3H3,(H,37,38)(H2,35,36,40)/b34-15+/t29-/m0/s1. The molecule has 1 aliphatic heterocycles. The first-order valence-electron chi connectivity index (χ1n) is 13.4. The number of carbonyl (C=O) groups excluding carboxylic acids is 3. The second kappa shape index (κ2) is 14.9. The second-order valence-electron chi connectivity index (χ2n) is 9.38. The van der Waals surface area contributed by atoms with E-state index >= 15 is 0 Å². The monoisotopic (exact) mass is 624 g/mol. The average Bonchev–Trinajstić information content (AvgIpc) is 3.00. The second-order valence-corrected chi connectivity index (χ2v) is 9.82. The maximum atomic E-state index is 13.2. The number of amides is 3. The van der Waals surface area contributed by atoms with Crippen LogP contribution in [0.3, 0.4) is 0 Å². The molecular weight excluding hydrogens is 595 g/mol. The Morgan fingerprint density at radius 2 is 1.80 bits per heavy atom. The molecule has 3 aromatic rings. The number of rotatable bonds is 12. The number of nitrogens with zero attached hydrogens (tertiary/aromatic N) is 1. The lowest BCUT2D eigenvalue weighted by atomic mass is 9.95. The third-order valence-corrected chi connectivity index (χ3v) is 6.55. The lowest BCUT2D eigenvalue weighted by Crippen LogP contribution is -2.45. The molecule has 0 fully saturated rings. The number of carbonyl (C=O) groups is 3. The van der Waals surface area contributed by atoms with Gasteiger partial charge in [0, 0.05) is 16.3 Å². The number of ether oxygens (including phenoxy) is 4. The molecular formula is C31H30ClFN4O7. The maximum Gasteiger partial charge on any atom is 0.338 e. The number of esters is 1. The quantitative estimate of drug-likeness (QED) is 0.150. The molecule has 11 nitrogen and oxygen atoms in total. The van der Waals surface area contributed by atoms with Crippen LogP contribution in [-0.4, -0.2) is 44.4 Å². The van der Waals surface area contributed by atoms with Crippen LogP contribution in [0.1, 0.15) is 36.6 Å². The van der Waals surface area contributed by atoms with Crippen LogP contribution in [0.15, 0.2) is 77.0 Å². The smallest absolute Gasteiger partial charge is 0.338 e. The van der Waals surface area contributed by atoms with Crippen molar-refractivity contribution in [3.05, 3.63) is 99.5 Å². The number of urea groups is 1. The fourth-order valence-corrected chi connectivity index (χ4v) is 4.43. The highest BCUT2D eigenvalue weighted by Gasteiger charge is 2.32. The number of halogens is 2. The van der Waals surface area contributed by atoms with E-state index in [1.165, 1.54) is 25.5 Å². The first kappa shape index (κ1) is 31.8. The summed E-state index contributed by atoms with van der Waals surface area (Å²) in [5, 5.41) is 9.72. The van der Waals surface area contributed by atoms with Gasteiger partial charge < -0.3 is 29.6 Å². The molecule has 0 radical (unpaired) electrons. The Kier molecular flexibility index (Phi) is 10.8. The fourth-order valence-electron chi connectivity index (χ4n) is 4.25. The summed E-state index contributed by atoms with van der Waals surface area (Å²) in [6.45, 7) is 3.27. The fraction of sp³-hybridized carbons (Fsp3) is 0.226. The van der Waals surface area contributed by atoms with Crippen molar-refractivity contribution in [3.63, 3.8) is 0 Å². The Hall–Kier alpha value is -5.10. The highest BCUT2D eigenvalue weighted by Crippen LogP contribution is 2.34. The summed E-state index contributed by atoms with van der Waals surface area (Å²) in [4.78, 5) is 37.2. The van der Waals surface area contributed by atoms with Gasteiger partial charge in [-0.25, -0.2) is 19.4 Å². The zero-order chi connectivity index (χ0) is 31.6. The molecule has 0 unspecified atom stereocenters. The van der Waals surface area contributed by atoms with E-state index in [-0.39, 0.29) is 36.1 Å². The predicted molar refractivity (Wildman–Crippen MR) is 160 cm³/mol. The molecule has 3 aromatic carbocycles. The molecule has 3 amide bonds. The molecule has 4 rings (SSSR count). The summed E-state index contributed by atoms with van der Waals surface area (Å²) >= 11 is 6.12. The number of hydrazone groups is 1. The third kappa shape index (κ3) is 8.26. The van der Waals surface area contributed by atoms with Crippen LogP contribution in [0, 0.1) is 5.82 Å². The van der Waals surface area contributed by atoms with Gasteiger partial charge in [-0.15, -0.1) is 0 Å². The van der Waals surface area contributed by atoms with Crippen LogP contribution in [0.5, 0.6) is 17.2 Å². The molecule has 230 valence electrons. The van der Waals surface area contributed by atoms with Crippen molar-refractivity contribution in [1.29, 1.82) is 0 Å². The van der Waals surface area contributed by atoms with Gasteiger partial charge in [0.15, 0.2) is 18.1 Å². The van der Waals surface area contributed by atoms with Crippen molar-refractivity contribution in [2.45, 2.75) is 26.5 Å². The zero-order valence-corrected chi connectivity index (χ0v) is 24.9. The summed E-state index contributed by atoms with van der Waals surface area (Å²) in [6, 6.07) is 14.4.